The summed E-state index contributed by atoms with van der Waals surface area (Å²) < 4.78 is 41.0. The van der Waals surface area contributed by atoms with Crippen LogP contribution in [0.2, 0.25) is 0 Å². The number of nitrogen functional groups attached to an aromatic ring is 1. The lowest BCUT2D eigenvalue weighted by atomic mass is 9.88. The Balaban J connectivity index is 1.75. The molecule has 0 saturated heterocycles. The Morgan fingerprint density at radius 3 is 2.85 bits per heavy atom. The van der Waals surface area contributed by atoms with E-state index in [1.165, 1.54) is 6.07 Å². The number of carbonyl (C=O) groups excluding carboxylic acids is 1. The van der Waals surface area contributed by atoms with E-state index in [4.69, 9.17) is 5.73 Å². The largest absolute Gasteiger partial charge is 0.418 e. The van der Waals surface area contributed by atoms with Crippen LogP contribution in [0.25, 0.3) is 0 Å². The van der Waals surface area contributed by atoms with Gasteiger partial charge < -0.3 is 16.4 Å². The first-order valence-electron chi connectivity index (χ1n) is 8.43. The van der Waals surface area contributed by atoms with E-state index in [2.05, 4.69) is 15.7 Å². The number of carbonyl (C=O) groups is 1. The molecule has 1 unspecified atom stereocenters. The van der Waals surface area contributed by atoms with E-state index >= 15 is 0 Å². The van der Waals surface area contributed by atoms with Crippen molar-refractivity contribution in [3.8, 4) is 0 Å². The number of halogens is 3. The van der Waals surface area contributed by atoms with Crippen molar-refractivity contribution in [3.63, 3.8) is 0 Å². The highest BCUT2D eigenvalue weighted by molar-refractivity contribution is 5.90. The summed E-state index contributed by atoms with van der Waals surface area (Å²) in [7, 11) is 0. The minimum absolute atomic E-state index is 0.0262. The smallest absolute Gasteiger partial charge is 0.384 e. The monoisotopic (exact) mass is 365 g/mol. The first kappa shape index (κ1) is 16.9. The maximum absolute atomic E-state index is 13.3. The van der Waals surface area contributed by atoms with Crippen molar-refractivity contribution in [2.75, 3.05) is 24.1 Å². The molecular formula is C17H18F3N5O. The number of nitrogens with zero attached hydrogens (tertiary/aromatic N) is 2. The molecular weight excluding hydrogens is 347 g/mol. The second kappa shape index (κ2) is 6.01. The highest BCUT2D eigenvalue weighted by Gasteiger charge is 2.38. The average Bonchev–Trinajstić information content (AvgIpc) is 2.96. The number of nitrogens with two attached hydrogens (primary N) is 1. The third kappa shape index (κ3) is 2.63. The molecule has 0 saturated carbocycles. The van der Waals surface area contributed by atoms with Gasteiger partial charge in [-0.2, -0.15) is 23.0 Å². The van der Waals surface area contributed by atoms with Gasteiger partial charge in [-0.25, -0.2) is 0 Å². The number of rotatable bonds is 1. The molecule has 4 rings (SSSR count). The van der Waals surface area contributed by atoms with Crippen LogP contribution in [0.3, 0.4) is 0 Å². The van der Waals surface area contributed by atoms with Crippen molar-refractivity contribution in [2.24, 2.45) is 0 Å². The van der Waals surface area contributed by atoms with E-state index in [9.17, 15) is 18.0 Å². The van der Waals surface area contributed by atoms with Crippen molar-refractivity contribution in [3.05, 3.63) is 40.6 Å². The van der Waals surface area contributed by atoms with Crippen LogP contribution < -0.4 is 16.4 Å². The van der Waals surface area contributed by atoms with Crippen LogP contribution in [0, 0.1) is 0 Å². The van der Waals surface area contributed by atoms with Gasteiger partial charge in [-0.1, -0.05) is 12.1 Å². The molecule has 0 spiro atoms. The second-order valence-electron chi connectivity index (χ2n) is 6.52. The number of hydrogen-bond donors (Lipinski definition) is 3. The van der Waals surface area contributed by atoms with Crippen molar-refractivity contribution in [1.82, 2.24) is 15.1 Å². The molecule has 6 nitrogen and oxygen atoms in total. The Hall–Kier alpha value is -2.55. The number of aromatic nitrogens is 2. The van der Waals surface area contributed by atoms with Crippen LogP contribution in [-0.2, 0) is 19.1 Å². The first-order chi connectivity index (χ1) is 12.4. The minimum Gasteiger partial charge on any atom is -0.384 e. The molecule has 1 aromatic heterocycles. The fraction of sp³-hybridized carbons (Fsp3) is 0.412. The van der Waals surface area contributed by atoms with Crippen LogP contribution >= 0.6 is 0 Å². The zero-order chi connectivity index (χ0) is 18.5. The molecule has 0 bridgehead atoms. The number of anilines is 2. The van der Waals surface area contributed by atoms with Gasteiger partial charge >= 0.3 is 6.18 Å². The molecule has 2 aromatic rings. The standard InChI is InChI=1S/C17H18F3N5O/c18-17(19,20)12-3-1-2-9-10(4-7-23-14(9)12)16(26)25-15(21)11-8-22-6-5-13(11)24-25/h1-3,10,22-23H,4-8,21H2. The zero-order valence-corrected chi connectivity index (χ0v) is 13.9. The number of nitrogens with one attached hydrogen (secondary N) is 2. The Labute approximate surface area is 147 Å². The Morgan fingerprint density at radius 1 is 1.31 bits per heavy atom. The van der Waals surface area contributed by atoms with Crippen LogP contribution in [0.1, 0.15) is 39.5 Å². The highest BCUT2D eigenvalue weighted by Crippen LogP contribution is 2.42. The van der Waals surface area contributed by atoms with Gasteiger partial charge in [-0.3, -0.25) is 4.79 Å². The lowest BCUT2D eigenvalue weighted by Gasteiger charge is -2.28. The summed E-state index contributed by atoms with van der Waals surface area (Å²) in [5.41, 5.74) is 7.21. The van der Waals surface area contributed by atoms with Crippen molar-refractivity contribution in [2.45, 2.75) is 31.5 Å². The van der Waals surface area contributed by atoms with Gasteiger partial charge in [0.15, 0.2) is 0 Å². The Morgan fingerprint density at radius 2 is 2.12 bits per heavy atom. The lowest BCUT2D eigenvalue weighted by Crippen LogP contribution is -2.29. The van der Waals surface area contributed by atoms with Gasteiger partial charge in [-0.15, -0.1) is 0 Å². The van der Waals surface area contributed by atoms with Crippen molar-refractivity contribution in [1.29, 1.82) is 0 Å². The van der Waals surface area contributed by atoms with Gasteiger partial charge in [0.2, 0.25) is 0 Å². The number of hydrogen-bond acceptors (Lipinski definition) is 5. The molecule has 1 aromatic carbocycles. The van der Waals surface area contributed by atoms with Gasteiger partial charge in [0.25, 0.3) is 5.91 Å². The molecule has 2 aliphatic heterocycles. The van der Waals surface area contributed by atoms with Crippen LogP contribution in [0.4, 0.5) is 24.7 Å². The van der Waals surface area contributed by atoms with Gasteiger partial charge in [-0.05, 0) is 18.1 Å². The summed E-state index contributed by atoms with van der Waals surface area (Å²) in [5, 5.41) is 10.3. The van der Waals surface area contributed by atoms with Crippen LogP contribution in [-0.4, -0.2) is 28.8 Å². The van der Waals surface area contributed by atoms with E-state index in [0.717, 1.165) is 28.6 Å². The summed E-state index contributed by atoms with van der Waals surface area (Å²) in [6.07, 6.45) is -3.44. The van der Waals surface area contributed by atoms with E-state index in [0.29, 0.717) is 24.9 Å². The molecule has 2 aliphatic rings. The normalized spacial score (nSPS) is 19.4. The number of fused-ring (bicyclic) bond motifs is 2. The molecule has 9 heteroatoms. The predicted octanol–water partition coefficient (Wildman–Crippen LogP) is 2.37. The average molecular weight is 365 g/mol. The molecule has 0 aliphatic carbocycles. The lowest BCUT2D eigenvalue weighted by molar-refractivity contribution is -0.137. The molecule has 0 radical (unpaired) electrons. The zero-order valence-electron chi connectivity index (χ0n) is 13.9. The van der Waals surface area contributed by atoms with Crippen molar-refractivity contribution >= 4 is 17.4 Å². The van der Waals surface area contributed by atoms with Gasteiger partial charge in [0.1, 0.15) is 5.82 Å². The molecule has 0 fully saturated rings. The van der Waals surface area contributed by atoms with E-state index in [1.54, 1.807) is 6.07 Å². The molecule has 0 amide bonds. The number of benzene rings is 1. The summed E-state index contributed by atoms with van der Waals surface area (Å²) >= 11 is 0. The van der Waals surface area contributed by atoms with Gasteiger partial charge in [0.05, 0.1) is 22.9 Å². The number of para-hydroxylation sites is 1. The predicted molar refractivity (Wildman–Crippen MR) is 90.0 cm³/mol. The SMILES string of the molecule is Nc1c2c(nn1C(=O)C1CCNc3c1cccc3C(F)(F)F)CCNC2. The minimum atomic E-state index is -4.49. The summed E-state index contributed by atoms with van der Waals surface area (Å²) in [4.78, 5) is 13.1. The maximum atomic E-state index is 13.3. The van der Waals surface area contributed by atoms with E-state index in [-0.39, 0.29) is 24.0 Å². The molecule has 26 heavy (non-hydrogen) atoms. The number of alkyl halides is 3. The molecule has 138 valence electrons. The third-order valence-electron chi connectivity index (χ3n) is 4.97. The summed E-state index contributed by atoms with van der Waals surface area (Å²) in [6.45, 7) is 1.57. The second-order valence-corrected chi connectivity index (χ2v) is 6.52. The topological polar surface area (TPSA) is 85.0 Å². The summed E-state index contributed by atoms with van der Waals surface area (Å²) in [5.74, 6) is -0.839. The fourth-order valence-corrected chi connectivity index (χ4v) is 3.69. The summed E-state index contributed by atoms with van der Waals surface area (Å²) in [6, 6.07) is 3.90. The third-order valence-corrected chi connectivity index (χ3v) is 4.97. The highest BCUT2D eigenvalue weighted by atomic mass is 19.4. The maximum Gasteiger partial charge on any atom is 0.418 e. The molecule has 4 N–H and O–H groups in total. The first-order valence-corrected chi connectivity index (χ1v) is 8.43. The Kier molecular flexibility index (Phi) is 3.91. The fourth-order valence-electron chi connectivity index (χ4n) is 3.69. The molecule has 1 atom stereocenters. The van der Waals surface area contributed by atoms with Crippen LogP contribution in [0.5, 0.6) is 0 Å². The van der Waals surface area contributed by atoms with E-state index < -0.39 is 17.7 Å². The van der Waals surface area contributed by atoms with E-state index in [1.807, 2.05) is 0 Å². The van der Waals surface area contributed by atoms with Gasteiger partial charge in [0, 0.05) is 31.6 Å². The molecule has 3 heterocycles. The van der Waals surface area contributed by atoms with Crippen LogP contribution in [0.15, 0.2) is 18.2 Å². The van der Waals surface area contributed by atoms with Crippen molar-refractivity contribution < 1.29 is 18.0 Å². The Bertz CT molecular complexity index is 874. The quantitative estimate of drug-likeness (QED) is 0.723.